The van der Waals surface area contributed by atoms with Crippen molar-refractivity contribution in [2.45, 2.75) is 17.4 Å². The summed E-state index contributed by atoms with van der Waals surface area (Å²) < 4.78 is 27.1. The van der Waals surface area contributed by atoms with Crippen molar-refractivity contribution in [1.82, 2.24) is 4.72 Å². The summed E-state index contributed by atoms with van der Waals surface area (Å²) in [7, 11) is -3.76. The fourth-order valence-electron chi connectivity index (χ4n) is 1.99. The van der Waals surface area contributed by atoms with E-state index in [9.17, 15) is 13.5 Å². The zero-order valence-corrected chi connectivity index (χ0v) is 12.8. The number of nitrogens with one attached hydrogen (secondary N) is 1. The van der Waals surface area contributed by atoms with Crippen LogP contribution < -0.4 is 4.72 Å². The highest BCUT2D eigenvalue weighted by atomic mass is 35.5. The summed E-state index contributed by atoms with van der Waals surface area (Å²) in [5, 5.41) is 9.56. The standard InChI is InChI=1S/C15H16ClNO3S/c16-14-8-4-5-9-15(14)21(19,20)17-13(11-18)10-12-6-2-1-3-7-12/h1-9,13,17-18H,10-11H2/t13-/m1/s1. The number of aliphatic hydroxyl groups excluding tert-OH is 1. The Bertz CT molecular complexity index is 689. The lowest BCUT2D eigenvalue weighted by Gasteiger charge is -2.17. The van der Waals surface area contributed by atoms with E-state index in [0.29, 0.717) is 6.42 Å². The lowest BCUT2D eigenvalue weighted by molar-refractivity contribution is 0.256. The smallest absolute Gasteiger partial charge is 0.242 e. The van der Waals surface area contributed by atoms with Crippen LogP contribution in [-0.2, 0) is 16.4 Å². The van der Waals surface area contributed by atoms with E-state index in [4.69, 9.17) is 11.6 Å². The van der Waals surface area contributed by atoms with Gasteiger partial charge in [0.15, 0.2) is 0 Å². The predicted octanol–water partition coefficient (Wildman–Crippen LogP) is 2.22. The van der Waals surface area contributed by atoms with Crippen molar-refractivity contribution in [3.8, 4) is 0 Å². The van der Waals surface area contributed by atoms with Crippen molar-refractivity contribution >= 4 is 21.6 Å². The van der Waals surface area contributed by atoms with Gasteiger partial charge >= 0.3 is 0 Å². The second kappa shape index (κ2) is 7.04. The molecule has 4 nitrogen and oxygen atoms in total. The van der Waals surface area contributed by atoms with Crippen LogP contribution in [0.1, 0.15) is 5.56 Å². The highest BCUT2D eigenvalue weighted by molar-refractivity contribution is 7.89. The Morgan fingerprint density at radius 2 is 1.67 bits per heavy atom. The minimum Gasteiger partial charge on any atom is -0.395 e. The summed E-state index contributed by atoms with van der Waals surface area (Å²) in [6, 6.07) is 15.0. The van der Waals surface area contributed by atoms with Gasteiger partial charge in [-0.3, -0.25) is 0 Å². The Morgan fingerprint density at radius 3 is 2.29 bits per heavy atom. The lowest BCUT2D eigenvalue weighted by Crippen LogP contribution is -2.39. The molecule has 2 N–H and O–H groups in total. The van der Waals surface area contributed by atoms with Crippen molar-refractivity contribution in [1.29, 1.82) is 0 Å². The first-order valence-electron chi connectivity index (χ1n) is 6.44. The second-order valence-electron chi connectivity index (χ2n) is 4.62. The number of benzene rings is 2. The predicted molar refractivity (Wildman–Crippen MR) is 82.8 cm³/mol. The average Bonchev–Trinajstić information content (AvgIpc) is 2.47. The average molecular weight is 326 g/mol. The molecule has 0 radical (unpaired) electrons. The number of hydrogen-bond donors (Lipinski definition) is 2. The topological polar surface area (TPSA) is 66.4 Å². The van der Waals surface area contributed by atoms with Gasteiger partial charge in [0.2, 0.25) is 10.0 Å². The van der Waals surface area contributed by atoms with Gasteiger partial charge < -0.3 is 5.11 Å². The van der Waals surface area contributed by atoms with Crippen LogP contribution in [0.25, 0.3) is 0 Å². The zero-order chi connectivity index (χ0) is 15.3. The molecule has 0 saturated heterocycles. The molecular weight excluding hydrogens is 310 g/mol. The molecule has 0 saturated carbocycles. The Labute approximate surface area is 129 Å². The largest absolute Gasteiger partial charge is 0.395 e. The highest BCUT2D eigenvalue weighted by Crippen LogP contribution is 2.20. The minimum atomic E-state index is -3.76. The van der Waals surface area contributed by atoms with E-state index < -0.39 is 16.1 Å². The quantitative estimate of drug-likeness (QED) is 0.856. The molecule has 112 valence electrons. The van der Waals surface area contributed by atoms with Gasteiger partial charge in [-0.2, -0.15) is 0 Å². The van der Waals surface area contributed by atoms with Gasteiger partial charge in [-0.05, 0) is 24.1 Å². The van der Waals surface area contributed by atoms with Gasteiger partial charge in [0, 0.05) is 6.04 Å². The van der Waals surface area contributed by atoms with E-state index in [0.717, 1.165) is 5.56 Å². The molecule has 2 aromatic rings. The van der Waals surface area contributed by atoms with Gasteiger partial charge in [-0.1, -0.05) is 54.1 Å². The monoisotopic (exact) mass is 325 g/mol. The summed E-state index contributed by atoms with van der Waals surface area (Å²) in [6.07, 6.45) is 0.404. The Hall–Kier alpha value is -1.40. The van der Waals surface area contributed by atoms with Crippen molar-refractivity contribution < 1.29 is 13.5 Å². The normalized spacial score (nSPS) is 13.0. The first-order chi connectivity index (χ1) is 10.0. The number of hydrogen-bond acceptors (Lipinski definition) is 3. The van der Waals surface area contributed by atoms with Crippen LogP contribution in [0.3, 0.4) is 0 Å². The third kappa shape index (κ3) is 4.28. The van der Waals surface area contributed by atoms with Gasteiger partial charge in [-0.15, -0.1) is 0 Å². The number of rotatable bonds is 6. The molecule has 0 spiro atoms. The molecule has 0 aliphatic heterocycles. The number of aliphatic hydroxyl groups is 1. The van der Waals surface area contributed by atoms with E-state index >= 15 is 0 Å². The molecule has 0 fully saturated rings. The number of sulfonamides is 1. The summed E-state index contributed by atoms with van der Waals surface area (Å²) in [5.41, 5.74) is 0.943. The summed E-state index contributed by atoms with van der Waals surface area (Å²) in [4.78, 5) is 0.0122. The molecule has 2 rings (SSSR count). The maximum absolute atomic E-state index is 12.3. The lowest BCUT2D eigenvalue weighted by atomic mass is 10.1. The molecule has 21 heavy (non-hydrogen) atoms. The van der Waals surface area contributed by atoms with Crippen LogP contribution in [0.4, 0.5) is 0 Å². The maximum Gasteiger partial charge on any atom is 0.242 e. The van der Waals surface area contributed by atoms with Gasteiger partial charge in [0.25, 0.3) is 0 Å². The van der Waals surface area contributed by atoms with Crippen LogP contribution in [0.15, 0.2) is 59.5 Å². The van der Waals surface area contributed by atoms with E-state index in [1.165, 1.54) is 12.1 Å². The molecule has 1 atom stereocenters. The summed E-state index contributed by atoms with van der Waals surface area (Å²) >= 11 is 5.91. The first kappa shape index (κ1) is 16.0. The fourth-order valence-corrected chi connectivity index (χ4v) is 3.73. The van der Waals surface area contributed by atoms with Crippen molar-refractivity contribution in [3.05, 3.63) is 65.2 Å². The Kier molecular flexibility index (Phi) is 5.36. The molecule has 0 bridgehead atoms. The van der Waals surface area contributed by atoms with Crippen LogP contribution in [0, 0.1) is 0 Å². The van der Waals surface area contributed by atoms with E-state index in [2.05, 4.69) is 4.72 Å². The maximum atomic E-state index is 12.3. The molecule has 0 unspecified atom stereocenters. The van der Waals surface area contributed by atoms with Crippen LogP contribution in [0.5, 0.6) is 0 Å². The molecule has 0 aromatic heterocycles. The third-order valence-corrected chi connectivity index (χ3v) is 5.01. The summed E-state index contributed by atoms with van der Waals surface area (Å²) in [6.45, 7) is -0.293. The highest BCUT2D eigenvalue weighted by Gasteiger charge is 2.21. The van der Waals surface area contributed by atoms with Crippen molar-refractivity contribution in [3.63, 3.8) is 0 Å². The zero-order valence-electron chi connectivity index (χ0n) is 11.2. The minimum absolute atomic E-state index is 0.0122. The molecular formula is C15H16ClNO3S. The number of halogens is 1. The Morgan fingerprint density at radius 1 is 1.05 bits per heavy atom. The molecule has 2 aromatic carbocycles. The van der Waals surface area contributed by atoms with Crippen LogP contribution in [-0.4, -0.2) is 26.2 Å². The van der Waals surface area contributed by atoms with Crippen LogP contribution >= 0.6 is 11.6 Å². The van der Waals surface area contributed by atoms with E-state index in [1.54, 1.807) is 12.1 Å². The summed E-state index contributed by atoms with van der Waals surface area (Å²) in [5.74, 6) is 0. The molecule has 6 heteroatoms. The second-order valence-corrected chi connectivity index (χ2v) is 6.71. The first-order valence-corrected chi connectivity index (χ1v) is 8.30. The Balaban J connectivity index is 2.16. The van der Waals surface area contributed by atoms with Gasteiger partial charge in [0.1, 0.15) is 4.90 Å². The van der Waals surface area contributed by atoms with Gasteiger partial charge in [-0.25, -0.2) is 13.1 Å². The SMILES string of the molecule is O=S(=O)(N[C@@H](CO)Cc1ccccc1)c1ccccc1Cl. The third-order valence-electron chi connectivity index (χ3n) is 2.99. The molecule has 0 aliphatic carbocycles. The van der Waals surface area contributed by atoms with Gasteiger partial charge in [0.05, 0.1) is 11.6 Å². The van der Waals surface area contributed by atoms with E-state index in [-0.39, 0.29) is 16.5 Å². The molecule has 0 amide bonds. The van der Waals surface area contributed by atoms with E-state index in [1.807, 2.05) is 30.3 Å². The van der Waals surface area contributed by atoms with Crippen LogP contribution in [0.2, 0.25) is 5.02 Å². The molecule has 0 aliphatic rings. The van der Waals surface area contributed by atoms with Crippen molar-refractivity contribution in [2.75, 3.05) is 6.61 Å². The fraction of sp³-hybridized carbons (Fsp3) is 0.200. The molecule has 0 heterocycles. The van der Waals surface area contributed by atoms with Crippen molar-refractivity contribution in [2.24, 2.45) is 0 Å².